The number of aryl methyl sites for hydroxylation is 1. The Bertz CT molecular complexity index is 406. The highest BCUT2D eigenvalue weighted by atomic mass is 35.5. The number of hydrogen-bond donors (Lipinski definition) is 1. The quantitative estimate of drug-likeness (QED) is 0.892. The molecule has 0 saturated carbocycles. The maximum absolute atomic E-state index is 11.9. The average molecular weight is 255 g/mol. The smallest absolute Gasteiger partial charge is 0.240 e. The number of halogens is 1. The van der Waals surface area contributed by atoms with Crippen molar-refractivity contribution in [2.75, 3.05) is 25.0 Å². The minimum atomic E-state index is 0. The van der Waals surface area contributed by atoms with Crippen LogP contribution in [0.15, 0.2) is 18.2 Å². The van der Waals surface area contributed by atoms with E-state index in [1.165, 1.54) is 11.1 Å². The molecule has 2 rings (SSSR count). The van der Waals surface area contributed by atoms with E-state index in [1.54, 1.807) is 7.05 Å². The number of benzene rings is 1. The van der Waals surface area contributed by atoms with Crippen LogP contribution in [0.25, 0.3) is 0 Å². The molecule has 1 aliphatic heterocycles. The zero-order valence-electron chi connectivity index (χ0n) is 10.3. The van der Waals surface area contributed by atoms with Gasteiger partial charge in [0, 0.05) is 6.54 Å². The van der Waals surface area contributed by atoms with Gasteiger partial charge in [0.05, 0.1) is 12.2 Å². The molecule has 0 fully saturated rings. The van der Waals surface area contributed by atoms with Crippen molar-refractivity contribution in [1.29, 1.82) is 0 Å². The number of carbonyl (C=O) groups is 1. The first-order valence-corrected chi connectivity index (χ1v) is 5.83. The summed E-state index contributed by atoms with van der Waals surface area (Å²) in [6.45, 7) is 3.37. The molecule has 1 aromatic carbocycles. The fourth-order valence-electron chi connectivity index (χ4n) is 2.32. The fraction of sp³-hybridized carbons (Fsp3) is 0.462. The summed E-state index contributed by atoms with van der Waals surface area (Å²) >= 11 is 0. The van der Waals surface area contributed by atoms with E-state index in [2.05, 4.69) is 30.4 Å². The summed E-state index contributed by atoms with van der Waals surface area (Å²) in [4.78, 5) is 13.9. The SMILES string of the molecule is CCc1cccc2c1N(C(=O)CNC)CC2.Cl. The van der Waals surface area contributed by atoms with Gasteiger partial charge in [-0.1, -0.05) is 25.1 Å². The Hall–Kier alpha value is -1.06. The molecule has 1 amide bonds. The monoisotopic (exact) mass is 254 g/mol. The lowest BCUT2D eigenvalue weighted by molar-refractivity contribution is -0.117. The van der Waals surface area contributed by atoms with Crippen LogP contribution in [0.1, 0.15) is 18.1 Å². The highest BCUT2D eigenvalue weighted by molar-refractivity contribution is 5.97. The lowest BCUT2D eigenvalue weighted by Crippen LogP contribution is -2.36. The van der Waals surface area contributed by atoms with Gasteiger partial charge in [0.1, 0.15) is 0 Å². The number of hydrogen-bond acceptors (Lipinski definition) is 2. The van der Waals surface area contributed by atoms with Gasteiger partial charge < -0.3 is 10.2 Å². The van der Waals surface area contributed by atoms with Crippen LogP contribution < -0.4 is 10.2 Å². The van der Waals surface area contributed by atoms with E-state index in [1.807, 2.05) is 4.90 Å². The molecule has 0 radical (unpaired) electrons. The second kappa shape index (κ2) is 6.03. The number of para-hydroxylation sites is 1. The molecule has 94 valence electrons. The predicted molar refractivity (Wildman–Crippen MR) is 73.1 cm³/mol. The Morgan fingerprint density at radius 3 is 2.88 bits per heavy atom. The van der Waals surface area contributed by atoms with E-state index in [0.29, 0.717) is 6.54 Å². The Kier molecular flexibility index (Phi) is 4.97. The van der Waals surface area contributed by atoms with E-state index in [9.17, 15) is 4.79 Å². The highest BCUT2D eigenvalue weighted by Crippen LogP contribution is 2.32. The van der Waals surface area contributed by atoms with Crippen molar-refractivity contribution in [3.05, 3.63) is 29.3 Å². The number of anilines is 1. The molecule has 0 aliphatic carbocycles. The lowest BCUT2D eigenvalue weighted by Gasteiger charge is -2.19. The van der Waals surface area contributed by atoms with Gasteiger partial charge in [-0.2, -0.15) is 0 Å². The van der Waals surface area contributed by atoms with E-state index < -0.39 is 0 Å². The first kappa shape index (κ1) is 14.0. The van der Waals surface area contributed by atoms with Gasteiger partial charge in [0.25, 0.3) is 0 Å². The summed E-state index contributed by atoms with van der Waals surface area (Å²) < 4.78 is 0. The Morgan fingerprint density at radius 2 is 2.24 bits per heavy atom. The molecule has 3 nitrogen and oxygen atoms in total. The topological polar surface area (TPSA) is 32.3 Å². The van der Waals surface area contributed by atoms with Crippen molar-refractivity contribution in [3.8, 4) is 0 Å². The van der Waals surface area contributed by atoms with E-state index in [4.69, 9.17) is 0 Å². The molecule has 1 N–H and O–H groups in total. The van der Waals surface area contributed by atoms with Crippen LogP contribution in [0.4, 0.5) is 5.69 Å². The van der Waals surface area contributed by atoms with Gasteiger partial charge in [-0.05, 0) is 31.0 Å². The van der Waals surface area contributed by atoms with Crippen LogP contribution in [-0.2, 0) is 17.6 Å². The van der Waals surface area contributed by atoms with Gasteiger partial charge in [-0.3, -0.25) is 4.79 Å². The van der Waals surface area contributed by atoms with Gasteiger partial charge in [-0.15, -0.1) is 12.4 Å². The number of nitrogens with zero attached hydrogens (tertiary/aromatic N) is 1. The molecule has 0 spiro atoms. The van der Waals surface area contributed by atoms with E-state index >= 15 is 0 Å². The van der Waals surface area contributed by atoms with Gasteiger partial charge in [-0.25, -0.2) is 0 Å². The number of fused-ring (bicyclic) bond motifs is 1. The van der Waals surface area contributed by atoms with Crippen LogP contribution in [0.5, 0.6) is 0 Å². The zero-order valence-corrected chi connectivity index (χ0v) is 11.1. The highest BCUT2D eigenvalue weighted by Gasteiger charge is 2.25. The molecule has 1 heterocycles. The minimum Gasteiger partial charge on any atom is -0.311 e. The maximum Gasteiger partial charge on any atom is 0.240 e. The molecule has 1 aliphatic rings. The van der Waals surface area contributed by atoms with Crippen LogP contribution in [0.3, 0.4) is 0 Å². The number of carbonyl (C=O) groups excluding carboxylic acids is 1. The van der Waals surface area contributed by atoms with Crippen molar-refractivity contribution < 1.29 is 4.79 Å². The van der Waals surface area contributed by atoms with Crippen LogP contribution in [0.2, 0.25) is 0 Å². The Labute approximate surface area is 109 Å². The first-order chi connectivity index (χ1) is 7.77. The molecule has 0 unspecified atom stereocenters. The van der Waals surface area contributed by atoms with Crippen molar-refractivity contribution in [3.63, 3.8) is 0 Å². The third-order valence-corrected chi connectivity index (χ3v) is 3.09. The average Bonchev–Trinajstić information content (AvgIpc) is 2.72. The van der Waals surface area contributed by atoms with Crippen molar-refractivity contribution in [2.24, 2.45) is 0 Å². The Morgan fingerprint density at radius 1 is 1.47 bits per heavy atom. The molecule has 0 saturated heterocycles. The van der Waals surface area contributed by atoms with Gasteiger partial charge in [0.15, 0.2) is 0 Å². The van der Waals surface area contributed by atoms with Crippen molar-refractivity contribution >= 4 is 24.0 Å². The van der Waals surface area contributed by atoms with Crippen LogP contribution in [0, 0.1) is 0 Å². The minimum absolute atomic E-state index is 0. The molecular formula is C13H19ClN2O. The fourth-order valence-corrected chi connectivity index (χ4v) is 2.32. The molecule has 0 aromatic heterocycles. The molecule has 1 aromatic rings. The summed E-state index contributed by atoms with van der Waals surface area (Å²) in [5.41, 5.74) is 3.74. The summed E-state index contributed by atoms with van der Waals surface area (Å²) in [6, 6.07) is 6.33. The Balaban J connectivity index is 0.00000144. The molecule has 17 heavy (non-hydrogen) atoms. The summed E-state index contributed by atoms with van der Waals surface area (Å²) in [7, 11) is 1.81. The standard InChI is InChI=1S/C13H18N2O.ClH/c1-3-10-5-4-6-11-7-8-15(13(10)11)12(16)9-14-2;/h4-6,14H,3,7-9H2,1-2H3;1H. The summed E-state index contributed by atoms with van der Waals surface area (Å²) in [5.74, 6) is 0.169. The number of amides is 1. The number of nitrogens with one attached hydrogen (secondary N) is 1. The van der Waals surface area contributed by atoms with Crippen LogP contribution >= 0.6 is 12.4 Å². The normalized spacial score (nSPS) is 13.2. The van der Waals surface area contributed by atoms with Crippen LogP contribution in [-0.4, -0.2) is 26.0 Å². The summed E-state index contributed by atoms with van der Waals surface area (Å²) in [5, 5.41) is 2.92. The van der Waals surface area contributed by atoms with Gasteiger partial charge in [0.2, 0.25) is 5.91 Å². The van der Waals surface area contributed by atoms with Crippen molar-refractivity contribution in [1.82, 2.24) is 5.32 Å². The largest absolute Gasteiger partial charge is 0.311 e. The lowest BCUT2D eigenvalue weighted by atomic mass is 10.1. The zero-order chi connectivity index (χ0) is 11.5. The van der Waals surface area contributed by atoms with Gasteiger partial charge >= 0.3 is 0 Å². The molecule has 0 atom stereocenters. The third kappa shape index (κ3) is 2.61. The second-order valence-corrected chi connectivity index (χ2v) is 4.10. The van der Waals surface area contributed by atoms with E-state index in [0.717, 1.165) is 25.1 Å². The number of rotatable bonds is 3. The molecular weight excluding hydrogens is 236 g/mol. The molecule has 4 heteroatoms. The van der Waals surface area contributed by atoms with E-state index in [-0.39, 0.29) is 18.3 Å². The number of likely N-dealkylation sites (N-methyl/N-ethyl adjacent to an activating group) is 1. The van der Waals surface area contributed by atoms with Crippen molar-refractivity contribution in [2.45, 2.75) is 19.8 Å². The second-order valence-electron chi connectivity index (χ2n) is 4.10. The predicted octanol–water partition coefficient (Wildman–Crippen LogP) is 1.78. The third-order valence-electron chi connectivity index (χ3n) is 3.09. The maximum atomic E-state index is 11.9. The summed E-state index contributed by atoms with van der Waals surface area (Å²) in [6.07, 6.45) is 1.96. The first-order valence-electron chi connectivity index (χ1n) is 5.83. The molecule has 0 bridgehead atoms.